The number of carbonyl (C=O) groups excluding carboxylic acids is 2. The number of benzene rings is 2. The maximum atomic E-state index is 12.2. The SMILES string of the molecule is Cc1ccc(C(=O)CCC(=O)Nc2ccc(SC#N)cc2)cc1C. The summed E-state index contributed by atoms with van der Waals surface area (Å²) in [5.41, 5.74) is 3.51. The van der Waals surface area contributed by atoms with Gasteiger partial charge in [0.2, 0.25) is 5.91 Å². The van der Waals surface area contributed by atoms with Gasteiger partial charge in [0.05, 0.1) is 0 Å². The summed E-state index contributed by atoms with van der Waals surface area (Å²) in [6.07, 6.45) is 0.317. The average molecular weight is 338 g/mol. The molecule has 0 saturated heterocycles. The van der Waals surface area contributed by atoms with Crippen LogP contribution in [0, 0.1) is 24.5 Å². The lowest BCUT2D eigenvalue weighted by atomic mass is 10.0. The number of ketones is 1. The summed E-state index contributed by atoms with van der Waals surface area (Å²) in [6, 6.07) is 12.6. The van der Waals surface area contributed by atoms with Gasteiger partial charge in [0.1, 0.15) is 5.40 Å². The third-order valence-electron chi connectivity index (χ3n) is 3.71. The van der Waals surface area contributed by atoms with Crippen molar-refractivity contribution < 1.29 is 9.59 Å². The molecule has 0 aliphatic carbocycles. The van der Waals surface area contributed by atoms with Crippen molar-refractivity contribution in [2.45, 2.75) is 31.6 Å². The first-order valence-electron chi connectivity index (χ1n) is 7.56. The van der Waals surface area contributed by atoms with E-state index in [1.807, 2.05) is 31.4 Å². The molecule has 1 amide bonds. The number of carbonyl (C=O) groups is 2. The van der Waals surface area contributed by atoms with Crippen molar-refractivity contribution in [1.82, 2.24) is 0 Å². The molecule has 1 N–H and O–H groups in total. The number of nitrogens with zero attached hydrogens (tertiary/aromatic N) is 1. The Bertz CT molecular complexity index is 792. The smallest absolute Gasteiger partial charge is 0.224 e. The van der Waals surface area contributed by atoms with Crippen LogP contribution in [0.2, 0.25) is 0 Å². The highest BCUT2D eigenvalue weighted by Crippen LogP contribution is 2.19. The van der Waals surface area contributed by atoms with Crippen LogP contribution in [0.4, 0.5) is 5.69 Å². The maximum absolute atomic E-state index is 12.2. The summed E-state index contributed by atoms with van der Waals surface area (Å²) in [4.78, 5) is 24.9. The van der Waals surface area contributed by atoms with Crippen LogP contribution in [0.5, 0.6) is 0 Å². The number of nitrogens with one attached hydrogen (secondary N) is 1. The molecule has 0 radical (unpaired) electrons. The maximum Gasteiger partial charge on any atom is 0.224 e. The predicted molar refractivity (Wildman–Crippen MR) is 96.0 cm³/mol. The van der Waals surface area contributed by atoms with Gasteiger partial charge < -0.3 is 5.32 Å². The quantitative estimate of drug-likeness (QED) is 0.479. The van der Waals surface area contributed by atoms with E-state index in [0.717, 1.165) is 27.8 Å². The normalized spacial score (nSPS) is 10.0. The van der Waals surface area contributed by atoms with Gasteiger partial charge >= 0.3 is 0 Å². The minimum Gasteiger partial charge on any atom is -0.326 e. The van der Waals surface area contributed by atoms with E-state index >= 15 is 0 Å². The summed E-state index contributed by atoms with van der Waals surface area (Å²) in [7, 11) is 0. The molecule has 0 spiro atoms. The van der Waals surface area contributed by atoms with E-state index in [-0.39, 0.29) is 24.5 Å². The average Bonchev–Trinajstić information content (AvgIpc) is 2.57. The number of thioether (sulfide) groups is 1. The highest BCUT2D eigenvalue weighted by molar-refractivity contribution is 8.03. The Morgan fingerprint density at radius 1 is 1.04 bits per heavy atom. The van der Waals surface area contributed by atoms with Gasteiger partial charge in [0, 0.05) is 29.0 Å². The molecule has 2 aromatic carbocycles. The molecule has 4 nitrogen and oxygen atoms in total. The van der Waals surface area contributed by atoms with E-state index in [2.05, 4.69) is 5.32 Å². The van der Waals surface area contributed by atoms with Crippen molar-refractivity contribution in [1.29, 1.82) is 5.26 Å². The van der Waals surface area contributed by atoms with E-state index in [1.54, 1.807) is 30.3 Å². The Morgan fingerprint density at radius 3 is 2.38 bits per heavy atom. The van der Waals surface area contributed by atoms with Crippen molar-refractivity contribution in [3.63, 3.8) is 0 Å². The van der Waals surface area contributed by atoms with Crippen LogP contribution >= 0.6 is 11.8 Å². The summed E-state index contributed by atoms with van der Waals surface area (Å²) >= 11 is 1.06. The Balaban J connectivity index is 1.87. The largest absolute Gasteiger partial charge is 0.326 e. The number of amides is 1. The van der Waals surface area contributed by atoms with Gasteiger partial charge in [0.25, 0.3) is 0 Å². The van der Waals surface area contributed by atoms with E-state index in [9.17, 15) is 9.59 Å². The lowest BCUT2D eigenvalue weighted by molar-refractivity contribution is -0.116. The molecule has 0 aliphatic rings. The van der Waals surface area contributed by atoms with Crippen LogP contribution in [0.3, 0.4) is 0 Å². The summed E-state index contributed by atoms with van der Waals surface area (Å²) in [5, 5.41) is 13.3. The third kappa shape index (κ3) is 4.97. The molecule has 0 aliphatic heterocycles. The molecule has 122 valence electrons. The Hall–Kier alpha value is -2.58. The van der Waals surface area contributed by atoms with Gasteiger partial charge in [0.15, 0.2) is 5.78 Å². The summed E-state index contributed by atoms with van der Waals surface area (Å²) in [5.74, 6) is -0.234. The fourth-order valence-corrected chi connectivity index (χ4v) is 2.55. The van der Waals surface area contributed by atoms with Crippen LogP contribution in [0.1, 0.15) is 34.3 Å². The van der Waals surface area contributed by atoms with Crippen molar-refractivity contribution in [2.24, 2.45) is 0 Å². The van der Waals surface area contributed by atoms with Gasteiger partial charge in [-0.2, -0.15) is 5.26 Å². The van der Waals surface area contributed by atoms with Crippen molar-refractivity contribution in [2.75, 3.05) is 5.32 Å². The first-order valence-corrected chi connectivity index (χ1v) is 8.37. The first-order chi connectivity index (χ1) is 11.5. The van der Waals surface area contributed by atoms with E-state index in [0.29, 0.717) is 11.3 Å². The van der Waals surface area contributed by atoms with Crippen LogP contribution in [-0.2, 0) is 4.79 Å². The van der Waals surface area contributed by atoms with E-state index in [4.69, 9.17) is 5.26 Å². The Kier molecular flexibility index (Phi) is 6.16. The lowest BCUT2D eigenvalue weighted by Crippen LogP contribution is -2.13. The monoisotopic (exact) mass is 338 g/mol. The number of Topliss-reactive ketones (excluding diaryl/α,β-unsaturated/α-hetero) is 1. The standard InChI is InChI=1S/C19H18N2O2S/c1-13-3-4-15(11-14(13)2)18(22)9-10-19(23)21-16-5-7-17(8-6-16)24-12-20/h3-8,11H,9-10H2,1-2H3,(H,21,23). The highest BCUT2D eigenvalue weighted by Gasteiger charge is 2.10. The number of aryl methyl sites for hydroxylation is 2. The molecule has 0 aromatic heterocycles. The summed E-state index contributed by atoms with van der Waals surface area (Å²) in [6.45, 7) is 3.96. The van der Waals surface area contributed by atoms with Crippen LogP contribution in [0.15, 0.2) is 47.4 Å². The second kappa shape index (κ2) is 8.32. The fourth-order valence-electron chi connectivity index (χ4n) is 2.17. The lowest BCUT2D eigenvalue weighted by Gasteiger charge is -2.07. The zero-order chi connectivity index (χ0) is 17.5. The number of hydrogen-bond donors (Lipinski definition) is 1. The van der Waals surface area contributed by atoms with Crippen LogP contribution < -0.4 is 5.32 Å². The van der Waals surface area contributed by atoms with Gasteiger partial charge in [-0.05, 0) is 67.1 Å². The molecule has 0 fully saturated rings. The van der Waals surface area contributed by atoms with E-state index < -0.39 is 0 Å². The fraction of sp³-hybridized carbons (Fsp3) is 0.211. The number of rotatable bonds is 6. The van der Waals surface area contributed by atoms with Gasteiger partial charge in [-0.15, -0.1) is 0 Å². The molecular weight excluding hydrogens is 320 g/mol. The van der Waals surface area contributed by atoms with Crippen molar-refractivity contribution in [3.05, 3.63) is 59.2 Å². The first kappa shape index (κ1) is 17.8. The van der Waals surface area contributed by atoms with Crippen molar-refractivity contribution >= 4 is 29.1 Å². The molecule has 0 atom stereocenters. The number of nitriles is 1. The molecule has 0 bridgehead atoms. The predicted octanol–water partition coefficient (Wildman–Crippen LogP) is 4.48. The molecule has 0 saturated carbocycles. The Morgan fingerprint density at radius 2 is 1.75 bits per heavy atom. The van der Waals surface area contributed by atoms with Crippen LogP contribution in [-0.4, -0.2) is 11.7 Å². The third-order valence-corrected chi connectivity index (χ3v) is 4.31. The molecule has 0 heterocycles. The van der Waals surface area contributed by atoms with Gasteiger partial charge in [-0.3, -0.25) is 9.59 Å². The van der Waals surface area contributed by atoms with E-state index in [1.165, 1.54) is 0 Å². The number of thiocyanates is 1. The zero-order valence-corrected chi connectivity index (χ0v) is 14.4. The molecular formula is C19H18N2O2S. The van der Waals surface area contributed by atoms with Crippen molar-refractivity contribution in [3.8, 4) is 5.40 Å². The minimum atomic E-state index is -0.201. The molecule has 2 aromatic rings. The van der Waals surface area contributed by atoms with Crippen LogP contribution in [0.25, 0.3) is 0 Å². The second-order valence-electron chi connectivity index (χ2n) is 5.49. The zero-order valence-electron chi connectivity index (χ0n) is 13.6. The van der Waals surface area contributed by atoms with Gasteiger partial charge in [-0.25, -0.2) is 0 Å². The highest BCUT2D eigenvalue weighted by atomic mass is 32.2. The minimum absolute atomic E-state index is 0.0333. The molecule has 0 unspecified atom stereocenters. The Labute approximate surface area is 145 Å². The topological polar surface area (TPSA) is 70.0 Å². The molecule has 5 heteroatoms. The summed E-state index contributed by atoms with van der Waals surface area (Å²) < 4.78 is 0. The molecule has 2 rings (SSSR count). The molecule has 24 heavy (non-hydrogen) atoms. The number of hydrogen-bond acceptors (Lipinski definition) is 4. The van der Waals surface area contributed by atoms with Gasteiger partial charge in [-0.1, -0.05) is 12.1 Å². The second-order valence-corrected chi connectivity index (χ2v) is 6.35. The number of anilines is 1.